The van der Waals surface area contributed by atoms with Crippen LogP contribution in [0, 0.1) is 0 Å². The molecule has 0 unspecified atom stereocenters. The fourth-order valence-corrected chi connectivity index (χ4v) is 2.73. The first kappa shape index (κ1) is 18.8. The lowest BCUT2D eigenvalue weighted by Crippen LogP contribution is -1.95. The largest absolute Gasteiger partial charge is 0.507 e. The van der Waals surface area contributed by atoms with E-state index < -0.39 is 0 Å². The van der Waals surface area contributed by atoms with Crippen LogP contribution in [0.25, 0.3) is 11.1 Å². The van der Waals surface area contributed by atoms with Crippen LogP contribution in [0.4, 0.5) is 0 Å². The minimum Gasteiger partial charge on any atom is -0.507 e. The maximum absolute atomic E-state index is 10.6. The molecule has 0 aromatic heterocycles. The molecule has 134 valence electrons. The molecule has 0 bridgehead atoms. The fraction of sp³-hybridized carbons (Fsp3) is 0.100. The molecule has 6 nitrogen and oxygen atoms in total. The third-order valence-corrected chi connectivity index (χ3v) is 3.87. The molecular weight excluding hydrogens is 332 g/mol. The second kappa shape index (κ2) is 8.53. The molecule has 0 spiro atoms. The Kier molecular flexibility index (Phi) is 6.16. The minimum absolute atomic E-state index is 0.0228. The zero-order chi connectivity index (χ0) is 19.1. The number of hydrogen-bond acceptors (Lipinski definition) is 6. The van der Waals surface area contributed by atoms with Crippen LogP contribution in [0.1, 0.15) is 22.3 Å². The van der Waals surface area contributed by atoms with E-state index in [4.69, 9.17) is 10.4 Å². The Bertz CT molecular complexity index is 886. The number of rotatable bonds is 7. The molecule has 6 heteroatoms. The van der Waals surface area contributed by atoms with E-state index in [1.54, 1.807) is 36.4 Å². The van der Waals surface area contributed by atoms with E-state index >= 15 is 0 Å². The first-order chi connectivity index (χ1) is 12.5. The molecular formula is C20H20N2O4. The molecule has 0 radical (unpaired) electrons. The summed E-state index contributed by atoms with van der Waals surface area (Å²) in [6, 6.07) is 6.80. The van der Waals surface area contributed by atoms with E-state index in [2.05, 4.69) is 23.5 Å². The standard InChI is InChI=1S/C20H20N2O4/c1-3-5-13-7-16(11-21-25)20(24)18(8-13)15-9-14(6-4-2)19(23)17(10-15)12-22-26/h3-4,7-12,23-26H,1-2,5-6H2/b21-11+,22-12+. The quantitative estimate of drug-likeness (QED) is 0.263. The zero-order valence-corrected chi connectivity index (χ0v) is 14.1. The Labute approximate surface area is 151 Å². The Morgan fingerprint density at radius 1 is 0.808 bits per heavy atom. The van der Waals surface area contributed by atoms with Crippen LogP contribution in [0.15, 0.2) is 59.9 Å². The van der Waals surface area contributed by atoms with Gasteiger partial charge < -0.3 is 20.6 Å². The van der Waals surface area contributed by atoms with Crippen molar-refractivity contribution in [3.8, 4) is 22.6 Å². The van der Waals surface area contributed by atoms with Crippen molar-refractivity contribution < 1.29 is 20.6 Å². The highest BCUT2D eigenvalue weighted by atomic mass is 16.4. The van der Waals surface area contributed by atoms with Crippen LogP contribution in [0.5, 0.6) is 11.5 Å². The second-order valence-electron chi connectivity index (χ2n) is 5.63. The van der Waals surface area contributed by atoms with Gasteiger partial charge in [-0.25, -0.2) is 0 Å². The molecule has 0 amide bonds. The highest BCUT2D eigenvalue weighted by Gasteiger charge is 2.15. The Balaban J connectivity index is 2.76. The van der Waals surface area contributed by atoms with Gasteiger partial charge in [0.2, 0.25) is 0 Å². The van der Waals surface area contributed by atoms with Crippen LogP contribution in [-0.4, -0.2) is 33.1 Å². The van der Waals surface area contributed by atoms with Gasteiger partial charge in [-0.1, -0.05) is 22.5 Å². The van der Waals surface area contributed by atoms with Gasteiger partial charge in [0.05, 0.1) is 12.4 Å². The van der Waals surface area contributed by atoms with Gasteiger partial charge in [0.25, 0.3) is 0 Å². The lowest BCUT2D eigenvalue weighted by atomic mass is 9.93. The molecule has 0 aliphatic heterocycles. The van der Waals surface area contributed by atoms with E-state index in [-0.39, 0.29) is 11.5 Å². The van der Waals surface area contributed by atoms with Gasteiger partial charge >= 0.3 is 0 Å². The summed E-state index contributed by atoms with van der Waals surface area (Å²) in [6.45, 7) is 7.38. The lowest BCUT2D eigenvalue weighted by Gasteiger charge is -2.14. The van der Waals surface area contributed by atoms with Gasteiger partial charge in [-0.2, -0.15) is 0 Å². The number of hydrogen-bond donors (Lipinski definition) is 4. The number of phenolic OH excluding ortho intramolecular Hbond substituents is 2. The van der Waals surface area contributed by atoms with Crippen LogP contribution < -0.4 is 0 Å². The average molecular weight is 352 g/mol. The topological polar surface area (TPSA) is 106 Å². The zero-order valence-electron chi connectivity index (χ0n) is 14.1. The second-order valence-corrected chi connectivity index (χ2v) is 5.63. The van der Waals surface area contributed by atoms with Crippen molar-refractivity contribution in [3.05, 3.63) is 71.8 Å². The summed E-state index contributed by atoms with van der Waals surface area (Å²) in [5.41, 5.74) is 3.16. The highest BCUT2D eigenvalue weighted by molar-refractivity contribution is 5.91. The average Bonchev–Trinajstić information content (AvgIpc) is 2.62. The molecule has 0 fully saturated rings. The third kappa shape index (κ3) is 3.92. The molecule has 0 heterocycles. The van der Waals surface area contributed by atoms with E-state index in [0.717, 1.165) is 18.0 Å². The first-order valence-electron chi connectivity index (χ1n) is 7.84. The van der Waals surface area contributed by atoms with Crippen molar-refractivity contribution in [2.75, 3.05) is 0 Å². The van der Waals surface area contributed by atoms with Crippen LogP contribution in [0.3, 0.4) is 0 Å². The monoisotopic (exact) mass is 352 g/mol. The highest BCUT2D eigenvalue weighted by Crippen LogP contribution is 2.37. The Hall–Kier alpha value is -3.54. The van der Waals surface area contributed by atoms with E-state index in [1.807, 2.05) is 0 Å². The van der Waals surface area contributed by atoms with Gasteiger partial charge in [-0.15, -0.1) is 13.2 Å². The van der Waals surface area contributed by atoms with Crippen LogP contribution >= 0.6 is 0 Å². The van der Waals surface area contributed by atoms with Gasteiger partial charge in [-0.05, 0) is 53.8 Å². The molecule has 0 aliphatic carbocycles. The summed E-state index contributed by atoms with van der Waals surface area (Å²) in [6.07, 6.45) is 6.57. The smallest absolute Gasteiger partial charge is 0.132 e. The van der Waals surface area contributed by atoms with Gasteiger partial charge in [0.15, 0.2) is 0 Å². The SMILES string of the molecule is C=CCc1cc(/C=N/O)c(O)c(-c2cc(/C=N/O)c(O)c(CC=C)c2)c1. The van der Waals surface area contributed by atoms with E-state index in [1.165, 1.54) is 0 Å². The number of oxime groups is 2. The predicted octanol–water partition coefficient (Wildman–Crippen LogP) is 3.84. The summed E-state index contributed by atoms with van der Waals surface area (Å²) in [5, 5.41) is 44.5. The van der Waals surface area contributed by atoms with Crippen molar-refractivity contribution in [1.82, 2.24) is 0 Å². The maximum Gasteiger partial charge on any atom is 0.132 e. The Morgan fingerprint density at radius 2 is 1.42 bits per heavy atom. The summed E-state index contributed by atoms with van der Waals surface area (Å²) in [4.78, 5) is 0. The van der Waals surface area contributed by atoms with Crippen molar-refractivity contribution in [2.45, 2.75) is 12.8 Å². The number of benzene rings is 2. The number of allylic oxidation sites excluding steroid dienone is 2. The summed E-state index contributed by atoms with van der Waals surface area (Å²) in [7, 11) is 0. The van der Waals surface area contributed by atoms with Crippen molar-refractivity contribution in [3.63, 3.8) is 0 Å². The predicted molar refractivity (Wildman–Crippen MR) is 102 cm³/mol. The maximum atomic E-state index is 10.6. The fourth-order valence-electron chi connectivity index (χ4n) is 2.73. The molecule has 2 aromatic carbocycles. The van der Waals surface area contributed by atoms with Crippen molar-refractivity contribution in [1.29, 1.82) is 0 Å². The van der Waals surface area contributed by atoms with Gasteiger partial charge in [-0.3, -0.25) is 0 Å². The van der Waals surface area contributed by atoms with Gasteiger partial charge in [0.1, 0.15) is 11.5 Å². The molecule has 2 aromatic rings. The molecule has 0 saturated carbocycles. The minimum atomic E-state index is -0.0715. The third-order valence-electron chi connectivity index (χ3n) is 3.87. The lowest BCUT2D eigenvalue weighted by molar-refractivity contribution is 0.321. The Morgan fingerprint density at radius 3 is 2.00 bits per heavy atom. The number of aromatic hydroxyl groups is 2. The van der Waals surface area contributed by atoms with Crippen LogP contribution in [-0.2, 0) is 12.8 Å². The molecule has 4 N–H and O–H groups in total. The van der Waals surface area contributed by atoms with E-state index in [0.29, 0.717) is 40.7 Å². The molecule has 0 saturated heterocycles. The summed E-state index contributed by atoms with van der Waals surface area (Å²) < 4.78 is 0. The van der Waals surface area contributed by atoms with Crippen molar-refractivity contribution >= 4 is 12.4 Å². The van der Waals surface area contributed by atoms with Gasteiger partial charge in [0, 0.05) is 16.7 Å². The van der Waals surface area contributed by atoms with Crippen molar-refractivity contribution in [2.24, 2.45) is 10.3 Å². The van der Waals surface area contributed by atoms with Crippen LogP contribution in [0.2, 0.25) is 0 Å². The molecule has 26 heavy (non-hydrogen) atoms. The first-order valence-corrected chi connectivity index (χ1v) is 7.84. The molecule has 0 atom stereocenters. The summed E-state index contributed by atoms with van der Waals surface area (Å²) >= 11 is 0. The molecule has 0 aliphatic rings. The normalized spacial score (nSPS) is 11.2. The molecule has 2 rings (SSSR count). The summed E-state index contributed by atoms with van der Waals surface area (Å²) in [5.74, 6) is -0.0944. The number of phenols is 2. The number of nitrogens with zero attached hydrogens (tertiary/aromatic N) is 2. The van der Waals surface area contributed by atoms with E-state index in [9.17, 15) is 10.2 Å².